The Morgan fingerprint density at radius 2 is 1.60 bits per heavy atom. The molecule has 2 aromatic carbocycles. The minimum absolute atomic E-state index is 0.415. The van der Waals surface area contributed by atoms with E-state index in [1.54, 1.807) is 4.68 Å². The second-order valence-corrected chi connectivity index (χ2v) is 8.32. The number of hydrogen-bond acceptors (Lipinski definition) is 10. The predicted molar refractivity (Wildman–Crippen MR) is 127 cm³/mol. The molecule has 0 amide bonds. The van der Waals surface area contributed by atoms with E-state index in [9.17, 15) is 0 Å². The molecular weight excluding hydrogens is 446 g/mol. The zero-order valence-electron chi connectivity index (χ0n) is 19.2. The van der Waals surface area contributed by atoms with E-state index in [-0.39, 0.29) is 0 Å². The van der Waals surface area contributed by atoms with Gasteiger partial charge in [-0.1, -0.05) is 58.8 Å². The van der Waals surface area contributed by atoms with E-state index < -0.39 is 0 Å². The lowest BCUT2D eigenvalue weighted by Gasteiger charge is -2.33. The molecule has 0 atom stereocenters. The lowest BCUT2D eigenvalue weighted by Crippen LogP contribution is -2.46. The minimum atomic E-state index is 0.415. The average Bonchev–Trinajstić information content (AvgIpc) is 3.66. The van der Waals surface area contributed by atoms with Gasteiger partial charge in [-0.15, -0.1) is 10.2 Å². The number of piperazine rings is 1. The van der Waals surface area contributed by atoms with Gasteiger partial charge in [0.05, 0.1) is 12.2 Å². The van der Waals surface area contributed by atoms with E-state index in [0.29, 0.717) is 29.8 Å². The number of aryl methyl sites for hydroxylation is 1. The molecule has 1 aliphatic heterocycles. The highest BCUT2D eigenvalue weighted by molar-refractivity contribution is 5.77. The number of tetrazole rings is 1. The SMILES string of the molecule is Cc1onc(-c2ccccc2)c1-c1nnc(CN2CCN(c3nnnn3-c3ccccc3)CC2)o1. The molecule has 1 aliphatic rings. The number of para-hydroxylation sites is 1. The predicted octanol–water partition coefficient (Wildman–Crippen LogP) is 3.00. The van der Waals surface area contributed by atoms with Crippen LogP contribution in [0.5, 0.6) is 0 Å². The van der Waals surface area contributed by atoms with Crippen LogP contribution < -0.4 is 4.90 Å². The maximum atomic E-state index is 6.04. The molecule has 0 aliphatic carbocycles. The highest BCUT2D eigenvalue weighted by Crippen LogP contribution is 2.33. The largest absolute Gasteiger partial charge is 0.419 e. The first-order chi connectivity index (χ1) is 17.3. The third-order valence-electron chi connectivity index (χ3n) is 6.06. The molecule has 0 N–H and O–H groups in total. The summed E-state index contributed by atoms with van der Waals surface area (Å²) in [6, 6.07) is 19.7. The molecule has 0 saturated carbocycles. The molecule has 5 aromatic rings. The zero-order valence-corrected chi connectivity index (χ0v) is 19.2. The Morgan fingerprint density at radius 1 is 0.857 bits per heavy atom. The first-order valence-electron chi connectivity index (χ1n) is 11.4. The van der Waals surface area contributed by atoms with Crippen molar-refractivity contribution in [3.8, 4) is 28.4 Å². The lowest BCUT2D eigenvalue weighted by atomic mass is 10.1. The third kappa shape index (κ3) is 4.17. The molecule has 3 aromatic heterocycles. The van der Waals surface area contributed by atoms with E-state index in [1.165, 1.54) is 0 Å². The van der Waals surface area contributed by atoms with Crippen molar-refractivity contribution in [1.82, 2.24) is 40.5 Å². The molecule has 0 spiro atoms. The first kappa shape index (κ1) is 21.2. The molecule has 11 heteroatoms. The molecule has 1 fully saturated rings. The minimum Gasteiger partial charge on any atom is -0.419 e. The summed E-state index contributed by atoms with van der Waals surface area (Å²) < 4.78 is 13.2. The Hall–Kier alpha value is -4.38. The van der Waals surface area contributed by atoms with E-state index in [0.717, 1.165) is 48.9 Å². The summed E-state index contributed by atoms with van der Waals surface area (Å²) in [7, 11) is 0. The maximum absolute atomic E-state index is 6.04. The van der Waals surface area contributed by atoms with Crippen LogP contribution in [0.2, 0.25) is 0 Å². The number of aromatic nitrogens is 7. The van der Waals surface area contributed by atoms with Crippen molar-refractivity contribution < 1.29 is 8.94 Å². The highest BCUT2D eigenvalue weighted by Gasteiger charge is 2.25. The van der Waals surface area contributed by atoms with E-state index in [1.807, 2.05) is 67.6 Å². The number of benzene rings is 2. The molecule has 0 radical (unpaired) electrons. The Labute approximate surface area is 201 Å². The monoisotopic (exact) mass is 469 g/mol. The van der Waals surface area contributed by atoms with E-state index >= 15 is 0 Å². The number of nitrogens with zero attached hydrogens (tertiary/aromatic N) is 9. The molecule has 0 unspecified atom stereocenters. The van der Waals surface area contributed by atoms with Crippen molar-refractivity contribution in [1.29, 1.82) is 0 Å². The number of hydrogen-bond donors (Lipinski definition) is 0. The Bertz CT molecular complexity index is 1400. The summed E-state index contributed by atoms with van der Waals surface area (Å²) in [6.07, 6.45) is 0. The fourth-order valence-electron chi connectivity index (χ4n) is 4.25. The van der Waals surface area contributed by atoms with E-state index in [4.69, 9.17) is 8.94 Å². The van der Waals surface area contributed by atoms with Crippen LogP contribution in [0.3, 0.4) is 0 Å². The van der Waals surface area contributed by atoms with Crippen LogP contribution in [-0.2, 0) is 6.54 Å². The lowest BCUT2D eigenvalue weighted by molar-refractivity contribution is 0.225. The Kier molecular flexibility index (Phi) is 5.51. The maximum Gasteiger partial charge on any atom is 0.253 e. The Balaban J connectivity index is 1.13. The van der Waals surface area contributed by atoms with Gasteiger partial charge in [-0.3, -0.25) is 4.90 Å². The summed E-state index contributed by atoms with van der Waals surface area (Å²) in [5, 5.41) is 25.1. The smallest absolute Gasteiger partial charge is 0.253 e. The normalized spacial score (nSPS) is 14.5. The molecule has 0 bridgehead atoms. The third-order valence-corrected chi connectivity index (χ3v) is 6.06. The van der Waals surface area contributed by atoms with Crippen LogP contribution in [0.1, 0.15) is 11.7 Å². The van der Waals surface area contributed by atoms with Crippen LogP contribution in [-0.4, -0.2) is 66.6 Å². The molecule has 176 valence electrons. The topological polar surface area (TPSA) is 115 Å². The van der Waals surface area contributed by atoms with Gasteiger partial charge in [0.25, 0.3) is 5.89 Å². The van der Waals surface area contributed by atoms with Gasteiger partial charge in [-0.25, -0.2) is 0 Å². The van der Waals surface area contributed by atoms with Crippen molar-refractivity contribution in [2.24, 2.45) is 0 Å². The highest BCUT2D eigenvalue weighted by atomic mass is 16.5. The van der Waals surface area contributed by atoms with Gasteiger partial charge in [0.15, 0.2) is 0 Å². The first-order valence-corrected chi connectivity index (χ1v) is 11.4. The molecule has 1 saturated heterocycles. The van der Waals surface area contributed by atoms with Crippen LogP contribution in [0.4, 0.5) is 5.95 Å². The average molecular weight is 470 g/mol. The molecule has 11 nitrogen and oxygen atoms in total. The number of anilines is 1. The summed E-state index contributed by atoms with van der Waals surface area (Å²) in [5.41, 5.74) is 3.30. The van der Waals surface area contributed by atoms with Crippen molar-refractivity contribution in [2.75, 3.05) is 31.1 Å². The van der Waals surface area contributed by atoms with Crippen LogP contribution in [0.25, 0.3) is 28.4 Å². The van der Waals surface area contributed by atoms with Gasteiger partial charge in [-0.2, -0.15) is 4.68 Å². The van der Waals surface area contributed by atoms with Crippen molar-refractivity contribution in [2.45, 2.75) is 13.5 Å². The van der Waals surface area contributed by atoms with Gasteiger partial charge >= 0.3 is 0 Å². The standard InChI is InChI=1S/C24H23N9O2/c1-17-21(22(28-35-17)18-8-4-2-5-9-18)23-26-25-20(34-23)16-31-12-14-32(15-13-31)24-27-29-30-33(24)19-10-6-3-7-11-19/h2-11H,12-16H2,1H3. The quantitative estimate of drug-likeness (QED) is 0.367. The van der Waals surface area contributed by atoms with Crippen molar-refractivity contribution in [3.05, 3.63) is 72.3 Å². The van der Waals surface area contributed by atoms with Crippen LogP contribution in [0.15, 0.2) is 69.6 Å². The fraction of sp³-hybridized carbons (Fsp3) is 0.250. The summed E-state index contributed by atoms with van der Waals surface area (Å²) in [6.45, 7) is 5.63. The number of rotatable bonds is 6. The van der Waals surface area contributed by atoms with Gasteiger partial charge in [0, 0.05) is 31.7 Å². The summed E-state index contributed by atoms with van der Waals surface area (Å²) in [5.74, 6) is 2.36. The van der Waals surface area contributed by atoms with Crippen molar-refractivity contribution in [3.63, 3.8) is 0 Å². The molecule has 6 rings (SSSR count). The van der Waals surface area contributed by atoms with Crippen LogP contribution in [0, 0.1) is 6.92 Å². The van der Waals surface area contributed by atoms with Gasteiger partial charge < -0.3 is 13.8 Å². The van der Waals surface area contributed by atoms with Gasteiger partial charge in [0.2, 0.25) is 11.8 Å². The van der Waals surface area contributed by atoms with Gasteiger partial charge in [0.1, 0.15) is 17.0 Å². The van der Waals surface area contributed by atoms with Crippen LogP contribution >= 0.6 is 0 Å². The van der Waals surface area contributed by atoms with Gasteiger partial charge in [-0.05, 0) is 29.5 Å². The molecular formula is C24H23N9O2. The second kappa shape index (κ2) is 9.11. The second-order valence-electron chi connectivity index (χ2n) is 8.32. The fourth-order valence-corrected chi connectivity index (χ4v) is 4.25. The summed E-state index contributed by atoms with van der Waals surface area (Å²) >= 11 is 0. The molecule has 35 heavy (non-hydrogen) atoms. The van der Waals surface area contributed by atoms with E-state index in [2.05, 4.69) is 40.7 Å². The Morgan fingerprint density at radius 3 is 2.37 bits per heavy atom. The molecule has 4 heterocycles. The summed E-state index contributed by atoms with van der Waals surface area (Å²) in [4.78, 5) is 4.47. The zero-order chi connectivity index (χ0) is 23.6. The van der Waals surface area contributed by atoms with Crippen molar-refractivity contribution >= 4 is 5.95 Å².